The average molecular weight is 266 g/mol. The number of nitrogens with one attached hydrogen (secondary N) is 1. The van der Waals surface area contributed by atoms with Crippen LogP contribution in [0.1, 0.15) is 30.7 Å². The maximum atomic E-state index is 6.16. The molecule has 0 atom stereocenters. The minimum Gasteiger partial charge on any atom is -0.459 e. The molecular formula is C15H20ClNO. The van der Waals surface area contributed by atoms with Gasteiger partial charge in [0.15, 0.2) is 0 Å². The second kappa shape index (κ2) is 5.33. The van der Waals surface area contributed by atoms with Crippen LogP contribution < -0.4 is 5.32 Å². The number of furan rings is 1. The Bertz CT molecular complexity index is 557. The first-order chi connectivity index (χ1) is 8.52. The van der Waals surface area contributed by atoms with Crippen LogP contribution in [-0.2, 0) is 13.0 Å². The lowest BCUT2D eigenvalue weighted by molar-refractivity contribution is 0.514. The van der Waals surface area contributed by atoms with Gasteiger partial charge in [-0.05, 0) is 44.0 Å². The molecule has 0 saturated heterocycles. The van der Waals surface area contributed by atoms with Crippen LogP contribution in [0.25, 0.3) is 11.0 Å². The number of benzene rings is 1. The Kier molecular flexibility index (Phi) is 3.98. The van der Waals surface area contributed by atoms with Crippen molar-refractivity contribution in [1.82, 2.24) is 5.32 Å². The normalized spacial score (nSPS) is 11.7. The van der Waals surface area contributed by atoms with Gasteiger partial charge in [0.2, 0.25) is 0 Å². The van der Waals surface area contributed by atoms with Crippen LogP contribution in [-0.4, -0.2) is 7.05 Å². The van der Waals surface area contributed by atoms with Gasteiger partial charge in [0.05, 0.1) is 6.54 Å². The molecule has 98 valence electrons. The molecule has 0 fully saturated rings. The number of fused-ring (bicyclic) bond motifs is 1. The van der Waals surface area contributed by atoms with Gasteiger partial charge in [-0.25, -0.2) is 0 Å². The van der Waals surface area contributed by atoms with Crippen LogP contribution in [0.5, 0.6) is 0 Å². The van der Waals surface area contributed by atoms with Crippen molar-refractivity contribution in [2.75, 3.05) is 7.05 Å². The van der Waals surface area contributed by atoms with E-state index in [2.05, 4.69) is 19.2 Å². The molecule has 2 rings (SSSR count). The third-order valence-electron chi connectivity index (χ3n) is 3.08. The number of halogens is 1. The first-order valence-electron chi connectivity index (χ1n) is 6.38. The van der Waals surface area contributed by atoms with Gasteiger partial charge in [0.25, 0.3) is 0 Å². The van der Waals surface area contributed by atoms with E-state index in [0.29, 0.717) is 5.92 Å². The zero-order valence-corrected chi connectivity index (χ0v) is 12.2. The van der Waals surface area contributed by atoms with Crippen molar-refractivity contribution in [1.29, 1.82) is 0 Å². The Morgan fingerprint density at radius 3 is 2.67 bits per heavy atom. The molecule has 3 heteroatoms. The summed E-state index contributed by atoms with van der Waals surface area (Å²) in [4.78, 5) is 0. The molecule has 0 aliphatic heterocycles. The highest BCUT2D eigenvalue weighted by atomic mass is 35.5. The van der Waals surface area contributed by atoms with E-state index in [1.54, 1.807) is 0 Å². The molecule has 1 heterocycles. The molecule has 18 heavy (non-hydrogen) atoms. The van der Waals surface area contributed by atoms with E-state index in [9.17, 15) is 0 Å². The number of hydrogen-bond acceptors (Lipinski definition) is 2. The SMILES string of the molecule is CNCc1oc2c(C)cc(Cl)cc2c1CC(C)C. The van der Waals surface area contributed by atoms with Crippen LogP contribution in [0.4, 0.5) is 0 Å². The molecule has 0 bridgehead atoms. The average Bonchev–Trinajstić information content (AvgIpc) is 2.58. The maximum absolute atomic E-state index is 6.16. The quantitative estimate of drug-likeness (QED) is 0.891. The van der Waals surface area contributed by atoms with Crippen molar-refractivity contribution in [3.8, 4) is 0 Å². The molecule has 0 aliphatic rings. The molecule has 1 aromatic carbocycles. The summed E-state index contributed by atoms with van der Waals surface area (Å²) in [7, 11) is 1.94. The third kappa shape index (κ3) is 2.55. The summed E-state index contributed by atoms with van der Waals surface area (Å²) in [6.07, 6.45) is 1.02. The Hall–Kier alpha value is -0.990. The second-order valence-electron chi connectivity index (χ2n) is 5.23. The van der Waals surface area contributed by atoms with Gasteiger partial charge in [-0.1, -0.05) is 25.4 Å². The summed E-state index contributed by atoms with van der Waals surface area (Å²) in [5.74, 6) is 1.63. The minimum atomic E-state index is 0.598. The lowest BCUT2D eigenvalue weighted by Crippen LogP contribution is -2.07. The van der Waals surface area contributed by atoms with Crippen LogP contribution in [0.2, 0.25) is 5.02 Å². The fourth-order valence-corrected chi connectivity index (χ4v) is 2.63. The van der Waals surface area contributed by atoms with E-state index in [1.165, 1.54) is 10.9 Å². The first-order valence-corrected chi connectivity index (χ1v) is 6.75. The third-order valence-corrected chi connectivity index (χ3v) is 3.29. The summed E-state index contributed by atoms with van der Waals surface area (Å²) in [6.45, 7) is 7.24. The second-order valence-corrected chi connectivity index (χ2v) is 5.67. The monoisotopic (exact) mass is 265 g/mol. The summed E-state index contributed by atoms with van der Waals surface area (Å²) in [5.41, 5.74) is 3.37. The van der Waals surface area contributed by atoms with E-state index in [1.807, 2.05) is 26.1 Å². The standard InChI is InChI=1S/C15H20ClNO/c1-9(2)5-12-13-7-11(16)6-10(3)15(13)18-14(12)8-17-4/h6-7,9,17H,5,8H2,1-4H3. The maximum Gasteiger partial charge on any atom is 0.137 e. The van der Waals surface area contributed by atoms with Gasteiger partial charge in [0, 0.05) is 16.0 Å². The fourth-order valence-electron chi connectivity index (χ4n) is 2.36. The molecule has 0 aliphatic carbocycles. The zero-order chi connectivity index (χ0) is 13.3. The molecule has 0 radical (unpaired) electrons. The Labute approximate surface area is 113 Å². The molecule has 0 unspecified atom stereocenters. The zero-order valence-electron chi connectivity index (χ0n) is 11.4. The number of rotatable bonds is 4. The highest BCUT2D eigenvalue weighted by Crippen LogP contribution is 2.32. The van der Waals surface area contributed by atoms with Crippen molar-refractivity contribution in [2.45, 2.75) is 33.7 Å². The minimum absolute atomic E-state index is 0.598. The lowest BCUT2D eigenvalue weighted by atomic mass is 9.99. The van der Waals surface area contributed by atoms with E-state index in [0.717, 1.165) is 34.9 Å². The van der Waals surface area contributed by atoms with Crippen LogP contribution in [0.15, 0.2) is 16.5 Å². The number of aryl methyl sites for hydroxylation is 1. The van der Waals surface area contributed by atoms with Crippen molar-refractivity contribution < 1.29 is 4.42 Å². The van der Waals surface area contributed by atoms with Gasteiger partial charge < -0.3 is 9.73 Å². The van der Waals surface area contributed by atoms with Crippen LogP contribution >= 0.6 is 11.6 Å². The van der Waals surface area contributed by atoms with Crippen LogP contribution in [0, 0.1) is 12.8 Å². The molecular weight excluding hydrogens is 246 g/mol. The largest absolute Gasteiger partial charge is 0.459 e. The van der Waals surface area contributed by atoms with Gasteiger partial charge in [0.1, 0.15) is 11.3 Å². The van der Waals surface area contributed by atoms with Gasteiger partial charge >= 0.3 is 0 Å². The summed E-state index contributed by atoms with van der Waals surface area (Å²) in [5, 5.41) is 5.11. The van der Waals surface area contributed by atoms with Gasteiger partial charge in [-0.2, -0.15) is 0 Å². The topological polar surface area (TPSA) is 25.2 Å². The molecule has 0 spiro atoms. The Balaban J connectivity index is 2.64. The van der Waals surface area contributed by atoms with E-state index < -0.39 is 0 Å². The van der Waals surface area contributed by atoms with Crippen molar-refractivity contribution in [3.05, 3.63) is 34.0 Å². The van der Waals surface area contributed by atoms with E-state index in [-0.39, 0.29) is 0 Å². The molecule has 1 aromatic heterocycles. The molecule has 2 aromatic rings. The molecule has 0 amide bonds. The van der Waals surface area contributed by atoms with Gasteiger partial charge in [-0.3, -0.25) is 0 Å². The van der Waals surface area contributed by atoms with E-state index >= 15 is 0 Å². The lowest BCUT2D eigenvalue weighted by Gasteiger charge is -2.06. The Morgan fingerprint density at radius 2 is 2.06 bits per heavy atom. The van der Waals surface area contributed by atoms with Gasteiger partial charge in [-0.15, -0.1) is 0 Å². The predicted octanol–water partition coefficient (Wildman–Crippen LogP) is 4.31. The predicted molar refractivity (Wildman–Crippen MR) is 77.3 cm³/mol. The van der Waals surface area contributed by atoms with Crippen molar-refractivity contribution in [2.24, 2.45) is 5.92 Å². The highest BCUT2D eigenvalue weighted by molar-refractivity contribution is 6.31. The molecule has 1 N–H and O–H groups in total. The van der Waals surface area contributed by atoms with Crippen molar-refractivity contribution >= 4 is 22.6 Å². The summed E-state index contributed by atoms with van der Waals surface area (Å²) < 4.78 is 6.01. The summed E-state index contributed by atoms with van der Waals surface area (Å²) in [6, 6.07) is 3.97. The molecule has 2 nitrogen and oxygen atoms in total. The van der Waals surface area contributed by atoms with Crippen molar-refractivity contribution in [3.63, 3.8) is 0 Å². The Morgan fingerprint density at radius 1 is 1.33 bits per heavy atom. The molecule has 0 saturated carbocycles. The van der Waals surface area contributed by atoms with E-state index in [4.69, 9.17) is 16.0 Å². The highest BCUT2D eigenvalue weighted by Gasteiger charge is 2.16. The summed E-state index contributed by atoms with van der Waals surface area (Å²) >= 11 is 6.16. The van der Waals surface area contributed by atoms with Crippen LogP contribution in [0.3, 0.4) is 0 Å². The number of hydrogen-bond donors (Lipinski definition) is 1. The fraction of sp³-hybridized carbons (Fsp3) is 0.467. The smallest absolute Gasteiger partial charge is 0.137 e. The first kappa shape index (κ1) is 13.4.